The van der Waals surface area contributed by atoms with Crippen molar-refractivity contribution in [2.75, 3.05) is 26.2 Å². The molecule has 31 heavy (non-hydrogen) atoms. The van der Waals surface area contributed by atoms with Gasteiger partial charge in [0.25, 0.3) is 5.91 Å². The zero-order chi connectivity index (χ0) is 21.0. The van der Waals surface area contributed by atoms with Crippen LogP contribution in [-0.4, -0.2) is 56.7 Å². The number of nitrogens with zero attached hydrogens (tertiary/aromatic N) is 5. The third-order valence-corrected chi connectivity index (χ3v) is 6.32. The average Bonchev–Trinajstić information content (AvgIpc) is 3.51. The number of carbonyl (C=O) groups excluding carboxylic acids is 1. The van der Waals surface area contributed by atoms with Gasteiger partial charge in [0.15, 0.2) is 5.82 Å². The number of rotatable bonds is 5. The van der Waals surface area contributed by atoms with E-state index in [1.165, 1.54) is 5.56 Å². The van der Waals surface area contributed by atoms with Gasteiger partial charge in [-0.2, -0.15) is 0 Å². The molecule has 1 amide bonds. The first-order valence-electron chi connectivity index (χ1n) is 10.4. The fraction of sp³-hybridized carbons (Fsp3) is 0.208. The molecule has 0 bridgehead atoms. The van der Waals surface area contributed by atoms with Crippen LogP contribution in [0.3, 0.4) is 0 Å². The normalized spacial score (nSPS) is 14.6. The van der Waals surface area contributed by atoms with Crippen LogP contribution in [0.15, 0.2) is 78.2 Å². The van der Waals surface area contributed by atoms with Crippen LogP contribution < -0.4 is 0 Å². The third kappa shape index (κ3) is 4.28. The second-order valence-electron chi connectivity index (χ2n) is 7.54. The first-order valence-corrected chi connectivity index (χ1v) is 11.3. The van der Waals surface area contributed by atoms with E-state index in [9.17, 15) is 4.79 Å². The lowest BCUT2D eigenvalue weighted by Gasteiger charge is -2.34. The monoisotopic (exact) mass is 429 g/mol. The summed E-state index contributed by atoms with van der Waals surface area (Å²) in [7, 11) is 0. The summed E-state index contributed by atoms with van der Waals surface area (Å²) in [6.07, 6.45) is 0. The van der Waals surface area contributed by atoms with E-state index >= 15 is 0 Å². The predicted octanol–water partition coefficient (Wildman–Crippen LogP) is 3.95. The van der Waals surface area contributed by atoms with Crippen molar-refractivity contribution in [3.63, 3.8) is 0 Å². The summed E-state index contributed by atoms with van der Waals surface area (Å²) >= 11 is 1.59. The van der Waals surface area contributed by atoms with Gasteiger partial charge < -0.3 is 4.90 Å². The lowest BCUT2D eigenvalue weighted by Crippen LogP contribution is -2.48. The van der Waals surface area contributed by atoms with Crippen LogP contribution in [0, 0.1) is 0 Å². The molecule has 6 nitrogen and oxygen atoms in total. The van der Waals surface area contributed by atoms with E-state index < -0.39 is 0 Å². The Bertz CT molecular complexity index is 1130. The van der Waals surface area contributed by atoms with E-state index in [1.54, 1.807) is 16.0 Å². The zero-order valence-corrected chi connectivity index (χ0v) is 17.9. The van der Waals surface area contributed by atoms with Gasteiger partial charge in [-0.15, -0.1) is 16.4 Å². The maximum absolute atomic E-state index is 13.2. The number of thiophene rings is 1. The van der Waals surface area contributed by atoms with Crippen molar-refractivity contribution >= 4 is 17.2 Å². The van der Waals surface area contributed by atoms with Gasteiger partial charge in [0, 0.05) is 32.7 Å². The molecule has 1 aliphatic heterocycles. The van der Waals surface area contributed by atoms with Gasteiger partial charge >= 0.3 is 0 Å². The average molecular weight is 430 g/mol. The number of carbonyl (C=O) groups is 1. The van der Waals surface area contributed by atoms with Gasteiger partial charge in [0.05, 0.1) is 10.6 Å². The number of aromatic nitrogens is 3. The Hall–Kier alpha value is -3.29. The van der Waals surface area contributed by atoms with E-state index in [0.717, 1.165) is 30.2 Å². The highest BCUT2D eigenvalue weighted by Gasteiger charge is 2.27. The van der Waals surface area contributed by atoms with Crippen LogP contribution in [0.25, 0.3) is 16.4 Å². The summed E-state index contributed by atoms with van der Waals surface area (Å²) in [4.78, 5) is 23.1. The molecule has 0 N–H and O–H groups in total. The maximum atomic E-state index is 13.2. The van der Waals surface area contributed by atoms with Crippen LogP contribution in [0.4, 0.5) is 0 Å². The van der Waals surface area contributed by atoms with Gasteiger partial charge in [-0.1, -0.05) is 54.6 Å². The Balaban J connectivity index is 1.33. The molecule has 0 radical (unpaired) electrons. The first-order chi connectivity index (χ1) is 15.3. The molecule has 0 spiro atoms. The van der Waals surface area contributed by atoms with Gasteiger partial charge in [-0.3, -0.25) is 9.69 Å². The van der Waals surface area contributed by atoms with E-state index in [4.69, 9.17) is 0 Å². The summed E-state index contributed by atoms with van der Waals surface area (Å²) in [5, 5.41) is 6.61. The van der Waals surface area contributed by atoms with Crippen molar-refractivity contribution in [1.29, 1.82) is 0 Å². The molecule has 3 heterocycles. The molecule has 4 aromatic rings. The maximum Gasteiger partial charge on any atom is 0.293 e. The Morgan fingerprint density at radius 1 is 0.871 bits per heavy atom. The molecule has 1 fully saturated rings. The van der Waals surface area contributed by atoms with Crippen LogP contribution in [0.5, 0.6) is 0 Å². The SMILES string of the molecule is O=C(c1nc(-c2cccs2)n(-c2ccccc2)n1)N1CCN(Cc2ccccc2)CC1. The quantitative estimate of drug-likeness (QED) is 0.482. The van der Waals surface area contributed by atoms with Crippen molar-refractivity contribution in [3.8, 4) is 16.4 Å². The van der Waals surface area contributed by atoms with Gasteiger partial charge in [0.1, 0.15) is 0 Å². The minimum atomic E-state index is -0.105. The summed E-state index contributed by atoms with van der Waals surface area (Å²) < 4.78 is 1.77. The topological polar surface area (TPSA) is 54.3 Å². The number of para-hydroxylation sites is 1. The van der Waals surface area contributed by atoms with Crippen molar-refractivity contribution in [1.82, 2.24) is 24.6 Å². The van der Waals surface area contributed by atoms with E-state index in [0.29, 0.717) is 18.9 Å². The predicted molar refractivity (Wildman–Crippen MR) is 122 cm³/mol. The van der Waals surface area contributed by atoms with Crippen molar-refractivity contribution < 1.29 is 4.79 Å². The lowest BCUT2D eigenvalue weighted by atomic mass is 10.2. The summed E-state index contributed by atoms with van der Waals surface area (Å²) in [6, 6.07) is 24.3. The molecule has 0 unspecified atom stereocenters. The Morgan fingerprint density at radius 3 is 2.26 bits per heavy atom. The Labute approximate surface area is 185 Å². The highest BCUT2D eigenvalue weighted by molar-refractivity contribution is 7.13. The number of hydrogen-bond donors (Lipinski definition) is 0. The minimum absolute atomic E-state index is 0.105. The van der Waals surface area contributed by atoms with Gasteiger partial charge in [0.2, 0.25) is 5.82 Å². The zero-order valence-electron chi connectivity index (χ0n) is 17.1. The van der Waals surface area contributed by atoms with Crippen LogP contribution in [-0.2, 0) is 6.54 Å². The standard InChI is InChI=1S/C24H23N5OS/c30-24(28-15-13-27(14-16-28)18-19-8-3-1-4-9-19)22-25-23(21-12-7-17-31-21)29(26-22)20-10-5-2-6-11-20/h1-12,17H,13-16,18H2. The summed E-state index contributed by atoms with van der Waals surface area (Å²) in [5.74, 6) is 0.850. The molecule has 0 saturated carbocycles. The number of hydrogen-bond acceptors (Lipinski definition) is 5. The fourth-order valence-corrected chi connectivity index (χ4v) is 4.51. The Kier molecular flexibility index (Phi) is 5.60. The molecule has 1 saturated heterocycles. The lowest BCUT2D eigenvalue weighted by molar-refractivity contribution is 0.0616. The highest BCUT2D eigenvalue weighted by Crippen LogP contribution is 2.26. The summed E-state index contributed by atoms with van der Waals surface area (Å²) in [6.45, 7) is 3.96. The smallest absolute Gasteiger partial charge is 0.293 e. The molecule has 0 atom stereocenters. The van der Waals surface area contributed by atoms with E-state index in [-0.39, 0.29) is 11.7 Å². The van der Waals surface area contributed by atoms with Crippen LogP contribution in [0.1, 0.15) is 16.2 Å². The first kappa shape index (κ1) is 19.7. The number of amides is 1. The molecule has 1 aliphatic rings. The van der Waals surface area contributed by atoms with Crippen molar-refractivity contribution in [2.24, 2.45) is 0 Å². The molecule has 7 heteroatoms. The molecular weight excluding hydrogens is 406 g/mol. The molecule has 156 valence electrons. The largest absolute Gasteiger partial charge is 0.333 e. The molecular formula is C24H23N5OS. The second kappa shape index (κ2) is 8.83. The molecule has 0 aliphatic carbocycles. The number of benzene rings is 2. The van der Waals surface area contributed by atoms with E-state index in [1.807, 2.05) is 58.8 Å². The second-order valence-corrected chi connectivity index (χ2v) is 8.49. The highest BCUT2D eigenvalue weighted by atomic mass is 32.1. The van der Waals surface area contributed by atoms with Crippen molar-refractivity contribution in [3.05, 3.63) is 89.6 Å². The third-order valence-electron chi connectivity index (χ3n) is 5.45. The van der Waals surface area contributed by atoms with Crippen LogP contribution >= 0.6 is 11.3 Å². The van der Waals surface area contributed by atoms with Crippen LogP contribution in [0.2, 0.25) is 0 Å². The van der Waals surface area contributed by atoms with Crippen molar-refractivity contribution in [2.45, 2.75) is 6.54 Å². The van der Waals surface area contributed by atoms with Gasteiger partial charge in [-0.05, 0) is 29.1 Å². The minimum Gasteiger partial charge on any atom is -0.333 e. The molecule has 2 aromatic heterocycles. The molecule has 5 rings (SSSR count). The summed E-state index contributed by atoms with van der Waals surface area (Å²) in [5.41, 5.74) is 2.19. The Morgan fingerprint density at radius 2 is 1.58 bits per heavy atom. The number of piperazine rings is 1. The van der Waals surface area contributed by atoms with E-state index in [2.05, 4.69) is 39.2 Å². The van der Waals surface area contributed by atoms with Gasteiger partial charge in [-0.25, -0.2) is 9.67 Å². The fourth-order valence-electron chi connectivity index (χ4n) is 3.81. The molecule has 2 aromatic carbocycles.